The molecule has 0 aromatic heterocycles. The second-order valence-electron chi connectivity index (χ2n) is 4.93. The molecule has 0 aliphatic heterocycles. The van der Waals surface area contributed by atoms with Crippen molar-refractivity contribution < 1.29 is 9.63 Å². The van der Waals surface area contributed by atoms with Crippen molar-refractivity contribution in [2.24, 2.45) is 5.92 Å². The highest BCUT2D eigenvalue weighted by Gasteiger charge is 2.15. The smallest absolute Gasteiger partial charge is 0.236 e. The van der Waals surface area contributed by atoms with Crippen LogP contribution in [0.2, 0.25) is 0 Å². The van der Waals surface area contributed by atoms with E-state index in [1.807, 2.05) is 0 Å². The van der Waals surface area contributed by atoms with Crippen molar-refractivity contribution in [1.82, 2.24) is 10.8 Å². The van der Waals surface area contributed by atoms with E-state index >= 15 is 0 Å². The SMILES string of the molecule is CC(C)CONCC(=O)NC1CCCCC1. The van der Waals surface area contributed by atoms with Crippen molar-refractivity contribution in [2.45, 2.75) is 52.0 Å². The molecule has 0 unspecified atom stereocenters. The fourth-order valence-corrected chi connectivity index (χ4v) is 1.87. The zero-order valence-electron chi connectivity index (χ0n) is 10.4. The maximum Gasteiger partial charge on any atom is 0.236 e. The fourth-order valence-electron chi connectivity index (χ4n) is 1.87. The van der Waals surface area contributed by atoms with E-state index in [0.29, 0.717) is 18.6 Å². The fraction of sp³-hybridized carbons (Fsp3) is 0.917. The van der Waals surface area contributed by atoms with E-state index in [1.165, 1.54) is 19.3 Å². The lowest BCUT2D eigenvalue weighted by atomic mass is 9.95. The summed E-state index contributed by atoms with van der Waals surface area (Å²) in [4.78, 5) is 16.6. The Labute approximate surface area is 98.1 Å². The first-order chi connectivity index (χ1) is 7.68. The molecule has 0 heterocycles. The topological polar surface area (TPSA) is 50.4 Å². The number of amides is 1. The molecular formula is C12H24N2O2. The predicted molar refractivity (Wildman–Crippen MR) is 63.8 cm³/mol. The molecule has 94 valence electrons. The van der Waals surface area contributed by atoms with E-state index in [9.17, 15) is 4.79 Å². The zero-order valence-corrected chi connectivity index (χ0v) is 10.4. The number of nitrogens with one attached hydrogen (secondary N) is 2. The van der Waals surface area contributed by atoms with E-state index in [-0.39, 0.29) is 12.5 Å². The van der Waals surface area contributed by atoms with Crippen LogP contribution in [0.1, 0.15) is 46.0 Å². The van der Waals surface area contributed by atoms with Crippen LogP contribution < -0.4 is 10.8 Å². The van der Waals surface area contributed by atoms with Crippen LogP contribution in [0.5, 0.6) is 0 Å². The molecule has 16 heavy (non-hydrogen) atoms. The lowest BCUT2D eigenvalue weighted by Crippen LogP contribution is -2.41. The van der Waals surface area contributed by atoms with Crippen molar-refractivity contribution in [3.8, 4) is 0 Å². The lowest BCUT2D eigenvalue weighted by molar-refractivity contribution is -0.124. The van der Waals surface area contributed by atoms with Gasteiger partial charge in [-0.1, -0.05) is 33.1 Å². The summed E-state index contributed by atoms with van der Waals surface area (Å²) in [6.07, 6.45) is 6.03. The van der Waals surface area contributed by atoms with Crippen molar-refractivity contribution in [2.75, 3.05) is 13.2 Å². The average molecular weight is 228 g/mol. The second-order valence-corrected chi connectivity index (χ2v) is 4.93. The highest BCUT2D eigenvalue weighted by Crippen LogP contribution is 2.16. The van der Waals surface area contributed by atoms with E-state index in [4.69, 9.17) is 4.84 Å². The van der Waals surface area contributed by atoms with Crippen LogP contribution in [0.3, 0.4) is 0 Å². The molecule has 0 spiro atoms. The van der Waals surface area contributed by atoms with Crippen LogP contribution in [0.4, 0.5) is 0 Å². The van der Waals surface area contributed by atoms with E-state index in [0.717, 1.165) is 12.8 Å². The van der Waals surface area contributed by atoms with Gasteiger partial charge in [0.2, 0.25) is 5.91 Å². The van der Waals surface area contributed by atoms with Gasteiger partial charge in [0.25, 0.3) is 0 Å². The molecule has 1 fully saturated rings. The van der Waals surface area contributed by atoms with Crippen molar-refractivity contribution >= 4 is 5.91 Å². The van der Waals surface area contributed by atoms with Crippen molar-refractivity contribution in [3.05, 3.63) is 0 Å². The number of hydrogen-bond donors (Lipinski definition) is 2. The lowest BCUT2D eigenvalue weighted by Gasteiger charge is -2.22. The molecule has 4 heteroatoms. The Morgan fingerprint density at radius 2 is 2.00 bits per heavy atom. The average Bonchev–Trinajstić information content (AvgIpc) is 2.25. The third-order valence-electron chi connectivity index (χ3n) is 2.72. The number of carbonyl (C=O) groups is 1. The van der Waals surface area contributed by atoms with E-state index < -0.39 is 0 Å². The summed E-state index contributed by atoms with van der Waals surface area (Å²) in [5.74, 6) is 0.518. The Morgan fingerprint density at radius 3 is 2.62 bits per heavy atom. The van der Waals surface area contributed by atoms with Crippen molar-refractivity contribution in [3.63, 3.8) is 0 Å². The normalized spacial score (nSPS) is 17.7. The molecule has 2 N–H and O–H groups in total. The molecular weight excluding hydrogens is 204 g/mol. The second kappa shape index (κ2) is 7.63. The maximum atomic E-state index is 11.5. The van der Waals surface area contributed by atoms with Gasteiger partial charge >= 0.3 is 0 Å². The summed E-state index contributed by atoms with van der Waals surface area (Å²) in [5, 5.41) is 3.03. The first kappa shape index (κ1) is 13.5. The van der Waals surface area contributed by atoms with Gasteiger partial charge < -0.3 is 10.2 Å². The molecule has 1 aliphatic rings. The molecule has 1 saturated carbocycles. The highest BCUT2D eigenvalue weighted by atomic mass is 16.6. The highest BCUT2D eigenvalue weighted by molar-refractivity contribution is 5.78. The summed E-state index contributed by atoms with van der Waals surface area (Å²) < 4.78 is 0. The number of hydroxylamine groups is 1. The molecule has 0 saturated heterocycles. The summed E-state index contributed by atoms with van der Waals surface area (Å²) in [6.45, 7) is 5.04. The minimum absolute atomic E-state index is 0.0376. The quantitative estimate of drug-likeness (QED) is 0.536. The molecule has 1 aliphatic carbocycles. The summed E-state index contributed by atoms with van der Waals surface area (Å²) in [7, 11) is 0. The van der Waals surface area contributed by atoms with Crippen LogP contribution >= 0.6 is 0 Å². The Hall–Kier alpha value is -0.610. The standard InChI is InChI=1S/C12H24N2O2/c1-10(2)9-16-13-8-12(15)14-11-6-4-3-5-7-11/h10-11,13H,3-9H2,1-2H3,(H,14,15). The minimum atomic E-state index is 0.0376. The van der Waals surface area contributed by atoms with Gasteiger partial charge in [0.15, 0.2) is 0 Å². The van der Waals surface area contributed by atoms with Gasteiger partial charge in [-0.25, -0.2) is 0 Å². The van der Waals surface area contributed by atoms with Gasteiger partial charge in [-0.15, -0.1) is 0 Å². The van der Waals surface area contributed by atoms with Crippen LogP contribution in [0.25, 0.3) is 0 Å². The zero-order chi connectivity index (χ0) is 11.8. The Bertz CT molecular complexity index is 201. The molecule has 0 bridgehead atoms. The largest absolute Gasteiger partial charge is 0.352 e. The molecule has 0 atom stereocenters. The maximum absolute atomic E-state index is 11.5. The molecule has 1 amide bonds. The van der Waals surface area contributed by atoms with Gasteiger partial charge in [0.05, 0.1) is 13.2 Å². The molecule has 4 nitrogen and oxygen atoms in total. The van der Waals surface area contributed by atoms with Crippen LogP contribution in [0.15, 0.2) is 0 Å². The summed E-state index contributed by atoms with van der Waals surface area (Å²) in [6, 6.07) is 0.383. The predicted octanol–water partition coefficient (Wildman–Crippen LogP) is 1.61. The monoisotopic (exact) mass is 228 g/mol. The minimum Gasteiger partial charge on any atom is -0.352 e. The van der Waals surface area contributed by atoms with Crippen LogP contribution in [0, 0.1) is 5.92 Å². The molecule has 1 rings (SSSR count). The van der Waals surface area contributed by atoms with Gasteiger partial charge in [-0.3, -0.25) is 4.79 Å². The Kier molecular flexibility index (Phi) is 6.42. The first-order valence-electron chi connectivity index (χ1n) is 6.32. The van der Waals surface area contributed by atoms with Gasteiger partial charge in [-0.2, -0.15) is 5.48 Å². The van der Waals surface area contributed by atoms with Crippen LogP contribution in [-0.4, -0.2) is 25.1 Å². The first-order valence-corrected chi connectivity index (χ1v) is 6.32. The molecule has 0 aromatic carbocycles. The third-order valence-corrected chi connectivity index (χ3v) is 2.72. The number of rotatable bonds is 6. The van der Waals surface area contributed by atoms with Gasteiger partial charge in [-0.05, 0) is 18.8 Å². The third kappa shape index (κ3) is 6.08. The summed E-state index contributed by atoms with van der Waals surface area (Å²) >= 11 is 0. The van der Waals surface area contributed by atoms with E-state index in [2.05, 4.69) is 24.6 Å². The molecule has 0 radical (unpaired) electrons. The Balaban J connectivity index is 2.01. The van der Waals surface area contributed by atoms with Gasteiger partial charge in [0.1, 0.15) is 0 Å². The number of carbonyl (C=O) groups excluding carboxylic acids is 1. The van der Waals surface area contributed by atoms with Crippen LogP contribution in [-0.2, 0) is 9.63 Å². The van der Waals surface area contributed by atoms with Gasteiger partial charge in [0, 0.05) is 6.04 Å². The van der Waals surface area contributed by atoms with Crippen molar-refractivity contribution in [1.29, 1.82) is 0 Å². The molecule has 0 aromatic rings. The van der Waals surface area contributed by atoms with E-state index in [1.54, 1.807) is 0 Å². The summed E-state index contributed by atoms with van der Waals surface area (Å²) in [5.41, 5.74) is 2.69. The Morgan fingerprint density at radius 1 is 1.31 bits per heavy atom. The number of hydrogen-bond acceptors (Lipinski definition) is 3.